The molecule has 0 bridgehead atoms. The topological polar surface area (TPSA) is 65.8 Å². The number of halogens is 3. The van der Waals surface area contributed by atoms with Gasteiger partial charge in [-0.25, -0.2) is 0 Å². The third-order valence-electron chi connectivity index (χ3n) is 4.98. The Morgan fingerprint density at radius 3 is 2.39 bits per heavy atom. The Kier molecular flexibility index (Phi) is 6.22. The van der Waals surface area contributed by atoms with Gasteiger partial charge in [-0.1, -0.05) is 6.07 Å². The SMILES string of the molecule is OC(COc1ccc(C(F)(F)F)cc1)CN1CCC(O)(c2cccnc2)CC1. The normalized spacial score (nSPS) is 18.6. The van der Waals surface area contributed by atoms with Crippen molar-refractivity contribution in [1.29, 1.82) is 0 Å². The van der Waals surface area contributed by atoms with Crippen molar-refractivity contribution in [3.63, 3.8) is 0 Å². The number of alkyl halides is 3. The predicted octanol–water partition coefficient (Wildman–Crippen LogP) is 2.82. The third kappa shape index (κ3) is 5.21. The number of hydrogen-bond donors (Lipinski definition) is 2. The summed E-state index contributed by atoms with van der Waals surface area (Å²) in [4.78, 5) is 6.09. The molecule has 2 N–H and O–H groups in total. The molecule has 0 aliphatic carbocycles. The average Bonchev–Trinajstić information content (AvgIpc) is 2.69. The number of benzene rings is 1. The molecule has 3 rings (SSSR count). The highest BCUT2D eigenvalue weighted by atomic mass is 19.4. The number of β-amino-alcohol motifs (C(OH)–C–C–N with tert-alkyl or cyclic N) is 1. The number of aliphatic hydroxyl groups excluding tert-OH is 1. The first-order valence-electron chi connectivity index (χ1n) is 9.10. The number of aliphatic hydroxyl groups is 2. The van der Waals surface area contributed by atoms with Crippen LogP contribution in [-0.2, 0) is 11.8 Å². The summed E-state index contributed by atoms with van der Waals surface area (Å²) in [5.41, 5.74) is -0.859. The smallest absolute Gasteiger partial charge is 0.416 e. The molecule has 0 radical (unpaired) electrons. The average molecular weight is 396 g/mol. The molecule has 2 heterocycles. The van der Waals surface area contributed by atoms with Crippen molar-refractivity contribution >= 4 is 0 Å². The van der Waals surface area contributed by atoms with E-state index in [4.69, 9.17) is 4.74 Å². The van der Waals surface area contributed by atoms with Crippen molar-refractivity contribution in [3.8, 4) is 5.75 Å². The molecule has 0 spiro atoms. The van der Waals surface area contributed by atoms with Gasteiger partial charge in [0, 0.05) is 37.6 Å². The van der Waals surface area contributed by atoms with E-state index in [9.17, 15) is 23.4 Å². The molecule has 0 amide bonds. The molecule has 2 aromatic rings. The van der Waals surface area contributed by atoms with Gasteiger partial charge in [0.1, 0.15) is 18.5 Å². The van der Waals surface area contributed by atoms with E-state index in [1.807, 2.05) is 11.0 Å². The highest BCUT2D eigenvalue weighted by molar-refractivity contribution is 5.28. The van der Waals surface area contributed by atoms with Gasteiger partial charge in [0.2, 0.25) is 0 Å². The van der Waals surface area contributed by atoms with Gasteiger partial charge in [0.05, 0.1) is 11.2 Å². The van der Waals surface area contributed by atoms with Crippen molar-refractivity contribution in [2.75, 3.05) is 26.2 Å². The van der Waals surface area contributed by atoms with Gasteiger partial charge in [0.25, 0.3) is 0 Å². The molecule has 0 saturated carbocycles. The molecular formula is C20H23F3N2O3. The van der Waals surface area contributed by atoms with Crippen LogP contribution in [0.15, 0.2) is 48.8 Å². The maximum absolute atomic E-state index is 12.5. The van der Waals surface area contributed by atoms with Gasteiger partial charge < -0.3 is 19.8 Å². The standard InChI is InChI=1S/C20H23F3N2O3/c21-20(22,23)15-3-5-18(6-4-15)28-14-17(26)13-25-10-7-19(27,8-11-25)16-2-1-9-24-12-16/h1-6,9,12,17,26-27H,7-8,10-11,13-14H2. The van der Waals surface area contributed by atoms with Gasteiger partial charge >= 0.3 is 6.18 Å². The fraction of sp³-hybridized carbons (Fsp3) is 0.450. The lowest BCUT2D eigenvalue weighted by Crippen LogP contribution is -2.46. The number of nitrogens with zero attached hydrogens (tertiary/aromatic N) is 2. The van der Waals surface area contributed by atoms with E-state index >= 15 is 0 Å². The van der Waals surface area contributed by atoms with Crippen LogP contribution >= 0.6 is 0 Å². The van der Waals surface area contributed by atoms with E-state index in [0.717, 1.165) is 17.7 Å². The van der Waals surface area contributed by atoms with Gasteiger partial charge in [0.15, 0.2) is 0 Å². The molecule has 1 unspecified atom stereocenters. The fourth-order valence-corrected chi connectivity index (χ4v) is 3.32. The van der Waals surface area contributed by atoms with E-state index in [1.165, 1.54) is 12.1 Å². The Hall–Kier alpha value is -2.16. The van der Waals surface area contributed by atoms with Crippen LogP contribution in [0.4, 0.5) is 13.2 Å². The highest BCUT2D eigenvalue weighted by Crippen LogP contribution is 2.32. The lowest BCUT2D eigenvalue weighted by molar-refractivity contribution is -0.137. The quantitative estimate of drug-likeness (QED) is 0.786. The lowest BCUT2D eigenvalue weighted by atomic mass is 9.85. The van der Waals surface area contributed by atoms with Gasteiger partial charge in [-0.15, -0.1) is 0 Å². The number of aromatic nitrogens is 1. The van der Waals surface area contributed by atoms with Crippen LogP contribution in [0.5, 0.6) is 5.75 Å². The zero-order chi connectivity index (χ0) is 20.2. The number of piperidine rings is 1. The molecule has 5 nitrogen and oxygen atoms in total. The summed E-state index contributed by atoms with van der Waals surface area (Å²) >= 11 is 0. The Morgan fingerprint density at radius 2 is 1.82 bits per heavy atom. The first-order chi connectivity index (χ1) is 13.3. The summed E-state index contributed by atoms with van der Waals surface area (Å²) in [6, 6.07) is 8.03. The van der Waals surface area contributed by atoms with Crippen molar-refractivity contribution in [3.05, 3.63) is 59.9 Å². The highest BCUT2D eigenvalue weighted by Gasteiger charge is 2.34. The molecule has 1 aliphatic heterocycles. The van der Waals surface area contributed by atoms with Crippen molar-refractivity contribution < 1.29 is 28.1 Å². The third-order valence-corrected chi connectivity index (χ3v) is 4.98. The first-order valence-corrected chi connectivity index (χ1v) is 9.10. The Morgan fingerprint density at radius 1 is 1.14 bits per heavy atom. The zero-order valence-corrected chi connectivity index (χ0v) is 15.3. The predicted molar refractivity (Wildman–Crippen MR) is 96.8 cm³/mol. The van der Waals surface area contributed by atoms with E-state index in [0.29, 0.717) is 32.5 Å². The van der Waals surface area contributed by atoms with Crippen molar-refractivity contribution in [2.45, 2.75) is 30.7 Å². The van der Waals surface area contributed by atoms with E-state index in [1.54, 1.807) is 18.5 Å². The molecule has 1 saturated heterocycles. The van der Waals surface area contributed by atoms with Crippen molar-refractivity contribution in [2.24, 2.45) is 0 Å². The Labute approximate surface area is 161 Å². The molecular weight excluding hydrogens is 373 g/mol. The maximum atomic E-state index is 12.5. The summed E-state index contributed by atoms with van der Waals surface area (Å²) in [7, 11) is 0. The number of hydrogen-bond acceptors (Lipinski definition) is 5. The van der Waals surface area contributed by atoms with E-state index in [2.05, 4.69) is 4.98 Å². The summed E-state index contributed by atoms with van der Waals surface area (Å²) < 4.78 is 43.0. The Balaban J connectivity index is 1.44. The molecule has 28 heavy (non-hydrogen) atoms. The Bertz CT molecular complexity index is 746. The fourth-order valence-electron chi connectivity index (χ4n) is 3.32. The van der Waals surface area contributed by atoms with Gasteiger partial charge in [-0.3, -0.25) is 4.98 Å². The maximum Gasteiger partial charge on any atom is 0.416 e. The number of likely N-dealkylation sites (tertiary alicyclic amines) is 1. The minimum absolute atomic E-state index is 0.0191. The molecule has 152 valence electrons. The van der Waals surface area contributed by atoms with Crippen LogP contribution in [0.3, 0.4) is 0 Å². The second-order valence-electron chi connectivity index (χ2n) is 7.06. The van der Waals surface area contributed by atoms with Gasteiger partial charge in [-0.2, -0.15) is 13.2 Å². The lowest BCUT2D eigenvalue weighted by Gasteiger charge is -2.39. The summed E-state index contributed by atoms with van der Waals surface area (Å²) in [6.45, 7) is 1.57. The number of pyridine rings is 1. The molecule has 1 aromatic carbocycles. The van der Waals surface area contributed by atoms with Crippen LogP contribution in [0.25, 0.3) is 0 Å². The monoisotopic (exact) mass is 396 g/mol. The minimum atomic E-state index is -4.38. The second-order valence-corrected chi connectivity index (χ2v) is 7.06. The summed E-state index contributed by atoms with van der Waals surface area (Å²) in [6.07, 6.45) is -0.774. The molecule has 1 aliphatic rings. The van der Waals surface area contributed by atoms with Crippen LogP contribution in [0, 0.1) is 0 Å². The van der Waals surface area contributed by atoms with E-state index in [-0.39, 0.29) is 12.4 Å². The van der Waals surface area contributed by atoms with Crippen LogP contribution in [0.1, 0.15) is 24.0 Å². The first kappa shape index (κ1) is 20.6. The largest absolute Gasteiger partial charge is 0.491 e. The van der Waals surface area contributed by atoms with Crippen molar-refractivity contribution in [1.82, 2.24) is 9.88 Å². The number of rotatable bonds is 6. The van der Waals surface area contributed by atoms with E-state index < -0.39 is 23.4 Å². The van der Waals surface area contributed by atoms with Gasteiger partial charge in [-0.05, 0) is 43.2 Å². The molecule has 1 fully saturated rings. The molecule has 1 atom stereocenters. The molecule has 8 heteroatoms. The summed E-state index contributed by atoms with van der Waals surface area (Å²) in [5.74, 6) is 0.275. The molecule has 1 aromatic heterocycles. The number of ether oxygens (including phenoxy) is 1. The zero-order valence-electron chi connectivity index (χ0n) is 15.3. The van der Waals surface area contributed by atoms with Crippen LogP contribution < -0.4 is 4.74 Å². The second kappa shape index (κ2) is 8.46. The van der Waals surface area contributed by atoms with Crippen LogP contribution in [-0.4, -0.2) is 52.4 Å². The minimum Gasteiger partial charge on any atom is -0.491 e. The van der Waals surface area contributed by atoms with Crippen LogP contribution in [0.2, 0.25) is 0 Å². The summed E-state index contributed by atoms with van der Waals surface area (Å²) in [5, 5.41) is 21.0.